The number of aromatic nitrogens is 2. The van der Waals surface area contributed by atoms with Crippen molar-refractivity contribution in [2.24, 2.45) is 0 Å². The minimum atomic E-state index is -0.0725. The Morgan fingerprint density at radius 2 is 2.22 bits per heavy atom. The van der Waals surface area contributed by atoms with Gasteiger partial charge >= 0.3 is 0 Å². The molecule has 3 aromatic heterocycles. The fourth-order valence-electron chi connectivity index (χ4n) is 2.33. The molecule has 1 amide bonds. The van der Waals surface area contributed by atoms with E-state index in [0.29, 0.717) is 11.7 Å². The van der Waals surface area contributed by atoms with Gasteiger partial charge in [0.05, 0.1) is 15.4 Å². The number of amides is 1. The second-order valence-corrected chi connectivity index (χ2v) is 7.87. The molecule has 0 atom stereocenters. The summed E-state index contributed by atoms with van der Waals surface area (Å²) in [5.41, 5.74) is 1.80. The third-order valence-corrected chi connectivity index (χ3v) is 5.88. The van der Waals surface area contributed by atoms with Gasteiger partial charge in [-0.2, -0.15) is 4.98 Å². The van der Waals surface area contributed by atoms with Crippen LogP contribution in [0.4, 0.5) is 5.69 Å². The fourth-order valence-corrected chi connectivity index (χ4v) is 4.05. The van der Waals surface area contributed by atoms with Gasteiger partial charge in [-0.25, -0.2) is 0 Å². The number of carbonyl (C=O) groups excluding carboxylic acids is 1. The highest BCUT2D eigenvalue weighted by molar-refractivity contribution is 7.16. The zero-order valence-electron chi connectivity index (χ0n) is 12.8. The third-order valence-electron chi connectivity index (χ3n) is 3.82. The highest BCUT2D eigenvalue weighted by Gasteiger charge is 2.30. The van der Waals surface area contributed by atoms with Crippen LogP contribution in [-0.4, -0.2) is 16.0 Å². The molecule has 0 aliphatic heterocycles. The second-order valence-electron chi connectivity index (χ2n) is 5.70. The van der Waals surface area contributed by atoms with E-state index in [1.54, 1.807) is 11.3 Å². The van der Waals surface area contributed by atoms with Crippen molar-refractivity contribution in [2.75, 3.05) is 5.32 Å². The molecule has 23 heavy (non-hydrogen) atoms. The van der Waals surface area contributed by atoms with Crippen LogP contribution >= 0.6 is 22.7 Å². The molecule has 3 heterocycles. The smallest absolute Gasteiger partial charge is 0.266 e. The monoisotopic (exact) mass is 345 g/mol. The molecule has 0 bridgehead atoms. The fraction of sp³-hybridized carbons (Fsp3) is 0.312. The minimum Gasteiger partial charge on any atom is -0.339 e. The molecule has 7 heteroatoms. The summed E-state index contributed by atoms with van der Waals surface area (Å²) in [4.78, 5) is 19.5. The van der Waals surface area contributed by atoms with Crippen LogP contribution in [0.15, 0.2) is 22.0 Å². The van der Waals surface area contributed by atoms with Crippen LogP contribution in [0.25, 0.3) is 10.7 Å². The summed E-state index contributed by atoms with van der Waals surface area (Å²) in [5, 5.41) is 8.97. The number of anilines is 1. The molecule has 1 fully saturated rings. The highest BCUT2D eigenvalue weighted by atomic mass is 32.1. The molecule has 118 valence electrons. The van der Waals surface area contributed by atoms with Crippen LogP contribution in [0, 0.1) is 13.8 Å². The van der Waals surface area contributed by atoms with Crippen molar-refractivity contribution >= 4 is 34.3 Å². The number of carbonyl (C=O) groups is 1. The summed E-state index contributed by atoms with van der Waals surface area (Å²) in [6.07, 6.45) is 2.26. The molecular weight excluding hydrogens is 330 g/mol. The SMILES string of the molecule is Cc1ccsc1C(=O)Nc1cc(-c2noc(C3CC3)n2)sc1C. The lowest BCUT2D eigenvalue weighted by atomic mass is 10.2. The molecule has 3 aromatic rings. The number of hydrogen-bond donors (Lipinski definition) is 1. The normalized spacial score (nSPS) is 14.2. The Morgan fingerprint density at radius 1 is 1.39 bits per heavy atom. The van der Waals surface area contributed by atoms with Gasteiger partial charge in [-0.1, -0.05) is 5.16 Å². The predicted molar refractivity (Wildman–Crippen MR) is 91.3 cm³/mol. The maximum absolute atomic E-state index is 12.3. The number of hydrogen-bond acceptors (Lipinski definition) is 6. The number of aryl methyl sites for hydroxylation is 2. The third kappa shape index (κ3) is 2.82. The van der Waals surface area contributed by atoms with E-state index in [2.05, 4.69) is 15.5 Å². The summed E-state index contributed by atoms with van der Waals surface area (Å²) < 4.78 is 5.31. The summed E-state index contributed by atoms with van der Waals surface area (Å²) >= 11 is 3.01. The first-order valence-electron chi connectivity index (χ1n) is 7.41. The largest absolute Gasteiger partial charge is 0.339 e. The Morgan fingerprint density at radius 3 is 2.91 bits per heavy atom. The van der Waals surface area contributed by atoms with E-state index >= 15 is 0 Å². The average molecular weight is 345 g/mol. The van der Waals surface area contributed by atoms with Crippen molar-refractivity contribution in [1.82, 2.24) is 10.1 Å². The average Bonchev–Trinajstić information content (AvgIpc) is 2.94. The Bertz CT molecular complexity index is 874. The molecule has 0 saturated heterocycles. The van der Waals surface area contributed by atoms with E-state index < -0.39 is 0 Å². The number of thiophene rings is 2. The quantitative estimate of drug-likeness (QED) is 0.750. The number of nitrogens with zero attached hydrogens (tertiary/aromatic N) is 2. The molecule has 0 aromatic carbocycles. The van der Waals surface area contributed by atoms with Crippen molar-refractivity contribution in [1.29, 1.82) is 0 Å². The molecule has 5 nitrogen and oxygen atoms in total. The van der Waals surface area contributed by atoms with E-state index in [-0.39, 0.29) is 5.91 Å². The van der Waals surface area contributed by atoms with Gasteiger partial charge in [0, 0.05) is 10.8 Å². The highest BCUT2D eigenvalue weighted by Crippen LogP contribution is 2.40. The lowest BCUT2D eigenvalue weighted by Gasteiger charge is -2.03. The second kappa shape index (κ2) is 5.58. The van der Waals surface area contributed by atoms with Gasteiger partial charge in [0.2, 0.25) is 11.7 Å². The molecule has 0 unspecified atom stereocenters. The van der Waals surface area contributed by atoms with Crippen molar-refractivity contribution < 1.29 is 9.32 Å². The first kappa shape index (κ1) is 14.6. The lowest BCUT2D eigenvalue weighted by Crippen LogP contribution is -2.11. The molecular formula is C16H15N3O2S2. The first-order valence-corrected chi connectivity index (χ1v) is 9.11. The summed E-state index contributed by atoms with van der Waals surface area (Å²) in [6.45, 7) is 3.92. The zero-order valence-corrected chi connectivity index (χ0v) is 14.4. The number of rotatable bonds is 4. The van der Waals surface area contributed by atoms with Gasteiger partial charge in [-0.15, -0.1) is 22.7 Å². The van der Waals surface area contributed by atoms with E-state index in [1.165, 1.54) is 11.3 Å². The molecule has 0 radical (unpaired) electrons. The van der Waals surface area contributed by atoms with Crippen LogP contribution in [0.1, 0.15) is 44.8 Å². The van der Waals surface area contributed by atoms with Gasteiger partial charge < -0.3 is 9.84 Å². The van der Waals surface area contributed by atoms with Crippen molar-refractivity contribution in [3.63, 3.8) is 0 Å². The molecule has 1 aliphatic carbocycles. The van der Waals surface area contributed by atoms with Crippen molar-refractivity contribution in [2.45, 2.75) is 32.6 Å². The van der Waals surface area contributed by atoms with E-state index in [4.69, 9.17) is 4.52 Å². The van der Waals surface area contributed by atoms with E-state index in [0.717, 1.165) is 44.6 Å². The number of nitrogens with one attached hydrogen (secondary N) is 1. The van der Waals surface area contributed by atoms with Gasteiger partial charge in [0.15, 0.2) is 0 Å². The lowest BCUT2D eigenvalue weighted by molar-refractivity contribution is 0.103. The van der Waals surface area contributed by atoms with E-state index in [9.17, 15) is 4.79 Å². The van der Waals surface area contributed by atoms with Crippen LogP contribution in [-0.2, 0) is 0 Å². The van der Waals surface area contributed by atoms with Gasteiger partial charge in [-0.3, -0.25) is 4.79 Å². The van der Waals surface area contributed by atoms with Crippen LogP contribution in [0.5, 0.6) is 0 Å². The topological polar surface area (TPSA) is 68.0 Å². The van der Waals surface area contributed by atoms with Crippen molar-refractivity contribution in [3.05, 3.63) is 38.7 Å². The maximum atomic E-state index is 12.3. The Kier molecular flexibility index (Phi) is 3.54. The summed E-state index contributed by atoms with van der Waals surface area (Å²) in [5.74, 6) is 1.70. The molecule has 0 spiro atoms. The molecule has 4 rings (SSSR count). The Hall–Kier alpha value is -1.99. The van der Waals surface area contributed by atoms with Gasteiger partial charge in [-0.05, 0) is 49.8 Å². The van der Waals surface area contributed by atoms with Crippen LogP contribution in [0.2, 0.25) is 0 Å². The zero-order chi connectivity index (χ0) is 16.0. The molecule has 1 saturated carbocycles. The minimum absolute atomic E-state index is 0.0725. The Balaban J connectivity index is 1.56. The van der Waals surface area contributed by atoms with Crippen LogP contribution < -0.4 is 5.32 Å². The van der Waals surface area contributed by atoms with Crippen molar-refractivity contribution in [3.8, 4) is 10.7 Å². The summed E-state index contributed by atoms with van der Waals surface area (Å²) in [6, 6.07) is 3.87. The Labute approximate surface area is 141 Å². The predicted octanol–water partition coefficient (Wildman–Crippen LogP) is 4.61. The standard InChI is InChI=1S/C16H15N3O2S2/c1-8-5-6-22-13(8)15(20)17-11-7-12(23-9(11)2)14-18-16(21-19-14)10-3-4-10/h5-7,10H,3-4H2,1-2H3,(H,17,20). The first-order chi connectivity index (χ1) is 11.1. The molecule has 1 N–H and O–H groups in total. The maximum Gasteiger partial charge on any atom is 0.266 e. The molecule has 1 aliphatic rings. The van der Waals surface area contributed by atoms with Gasteiger partial charge in [0.25, 0.3) is 5.91 Å². The summed E-state index contributed by atoms with van der Waals surface area (Å²) in [7, 11) is 0. The van der Waals surface area contributed by atoms with Gasteiger partial charge in [0.1, 0.15) is 0 Å². The van der Waals surface area contributed by atoms with E-state index in [1.807, 2.05) is 31.4 Å². The van der Waals surface area contributed by atoms with Crippen LogP contribution in [0.3, 0.4) is 0 Å².